The van der Waals surface area contributed by atoms with E-state index in [-0.39, 0.29) is 18.3 Å². The number of anilines is 1. The Morgan fingerprint density at radius 2 is 1.69 bits per heavy atom. The molecule has 1 aliphatic rings. The number of carbonyl (C=O) groups is 3. The maximum absolute atomic E-state index is 13.6. The quantitative estimate of drug-likeness (QED) is 0.523. The third-order valence-electron chi connectivity index (χ3n) is 5.63. The average Bonchev–Trinajstić information content (AvgIpc) is 2.76. The maximum atomic E-state index is 13.6. The van der Waals surface area contributed by atoms with Crippen LogP contribution in [0.15, 0.2) is 48.5 Å². The van der Waals surface area contributed by atoms with Crippen LogP contribution in [0, 0.1) is 0 Å². The number of methoxy groups -OCH3 is 1. The molecule has 9 heteroatoms. The van der Waals surface area contributed by atoms with E-state index in [1.165, 1.54) is 17.0 Å². The minimum absolute atomic E-state index is 0.0520. The van der Waals surface area contributed by atoms with Crippen molar-refractivity contribution in [3.05, 3.63) is 54.1 Å². The lowest BCUT2D eigenvalue weighted by Gasteiger charge is -2.42. The van der Waals surface area contributed by atoms with Gasteiger partial charge in [-0.05, 0) is 82.0 Å². The van der Waals surface area contributed by atoms with Crippen LogP contribution < -0.4 is 15.4 Å². The fourth-order valence-electron chi connectivity index (χ4n) is 3.76. The summed E-state index contributed by atoms with van der Waals surface area (Å²) >= 11 is 0. The van der Waals surface area contributed by atoms with E-state index in [1.807, 2.05) is 0 Å². The van der Waals surface area contributed by atoms with Gasteiger partial charge in [0.15, 0.2) is 0 Å². The largest absolute Gasteiger partial charge is 0.508 e. The second-order valence-corrected chi connectivity index (χ2v) is 9.45. The molecule has 2 aromatic rings. The highest BCUT2D eigenvalue weighted by Crippen LogP contribution is 2.34. The number of carbonyl (C=O) groups excluding carboxylic acids is 3. The number of phenols is 1. The summed E-state index contributed by atoms with van der Waals surface area (Å²) in [6.45, 7) is 4.90. The highest BCUT2D eigenvalue weighted by atomic mass is 16.6. The minimum Gasteiger partial charge on any atom is -0.508 e. The van der Waals surface area contributed by atoms with Gasteiger partial charge in [-0.15, -0.1) is 0 Å². The summed E-state index contributed by atoms with van der Waals surface area (Å²) in [5, 5.41) is 15.1. The number of rotatable bonds is 8. The van der Waals surface area contributed by atoms with Crippen molar-refractivity contribution in [3.63, 3.8) is 0 Å². The molecule has 3 rings (SSSR count). The summed E-state index contributed by atoms with van der Waals surface area (Å²) in [5.74, 6) is -0.101. The topological polar surface area (TPSA) is 117 Å². The molecule has 9 nitrogen and oxygen atoms in total. The normalized spacial score (nSPS) is 14.3. The van der Waals surface area contributed by atoms with E-state index < -0.39 is 29.6 Å². The molecule has 0 aliphatic heterocycles. The van der Waals surface area contributed by atoms with E-state index in [0.29, 0.717) is 17.0 Å². The number of benzene rings is 2. The zero-order valence-corrected chi connectivity index (χ0v) is 20.5. The van der Waals surface area contributed by atoms with Gasteiger partial charge < -0.3 is 30.1 Å². The van der Waals surface area contributed by atoms with Gasteiger partial charge in [-0.1, -0.05) is 12.1 Å². The number of hydrogen-bond acceptors (Lipinski definition) is 6. The van der Waals surface area contributed by atoms with Gasteiger partial charge in [0.05, 0.1) is 7.11 Å². The predicted molar refractivity (Wildman–Crippen MR) is 131 cm³/mol. The van der Waals surface area contributed by atoms with Crippen LogP contribution in [0.3, 0.4) is 0 Å². The lowest BCUT2D eigenvalue weighted by molar-refractivity contribution is -0.143. The SMILES string of the molecule is COc1ccc(NC(=O)C(c2ccc(O)cc2)N(C(=O)CNC(=O)OC(C)(C)C)C2CCC2)cc1. The summed E-state index contributed by atoms with van der Waals surface area (Å²) in [7, 11) is 1.56. The number of nitrogens with zero attached hydrogens (tertiary/aromatic N) is 1. The predicted octanol–water partition coefficient (Wildman–Crippen LogP) is 3.99. The standard InChI is InChI=1S/C26H33N3O6/c1-26(2,3)35-25(33)27-16-22(31)29(19-6-5-7-19)23(17-8-12-20(30)13-9-17)24(32)28-18-10-14-21(34-4)15-11-18/h8-15,19,23,30H,5-7,16H2,1-4H3,(H,27,33)(H,28,32). The Labute approximate surface area is 205 Å². The van der Waals surface area contributed by atoms with Crippen molar-refractivity contribution in [2.24, 2.45) is 0 Å². The number of alkyl carbamates (subject to hydrolysis) is 1. The number of ether oxygens (including phenoxy) is 2. The molecule has 0 saturated heterocycles. The highest BCUT2D eigenvalue weighted by molar-refractivity contribution is 5.98. The molecule has 1 atom stereocenters. The van der Waals surface area contributed by atoms with E-state index in [4.69, 9.17) is 9.47 Å². The maximum Gasteiger partial charge on any atom is 0.408 e. The van der Waals surface area contributed by atoms with Crippen LogP contribution in [0.1, 0.15) is 51.6 Å². The zero-order valence-electron chi connectivity index (χ0n) is 20.5. The molecule has 1 saturated carbocycles. The molecule has 0 bridgehead atoms. The first-order chi connectivity index (χ1) is 16.6. The van der Waals surface area contributed by atoms with Crippen LogP contribution in [0.2, 0.25) is 0 Å². The third kappa shape index (κ3) is 7.11. The van der Waals surface area contributed by atoms with Crippen LogP contribution in [-0.2, 0) is 14.3 Å². The monoisotopic (exact) mass is 483 g/mol. The minimum atomic E-state index is -0.962. The fourth-order valence-corrected chi connectivity index (χ4v) is 3.76. The van der Waals surface area contributed by atoms with E-state index in [9.17, 15) is 19.5 Å². The second kappa shape index (κ2) is 11.1. The van der Waals surface area contributed by atoms with Gasteiger partial charge in [0, 0.05) is 11.7 Å². The van der Waals surface area contributed by atoms with Crippen molar-refractivity contribution in [3.8, 4) is 11.5 Å². The first kappa shape index (κ1) is 25.9. The lowest BCUT2D eigenvalue weighted by Crippen LogP contribution is -2.53. The number of amides is 3. The molecule has 0 radical (unpaired) electrons. The van der Waals surface area contributed by atoms with E-state index in [0.717, 1.165) is 19.3 Å². The molecule has 2 aromatic carbocycles. The molecule has 188 valence electrons. The lowest BCUT2D eigenvalue weighted by atomic mass is 9.88. The number of nitrogens with one attached hydrogen (secondary N) is 2. The smallest absolute Gasteiger partial charge is 0.408 e. The molecule has 3 N–H and O–H groups in total. The Morgan fingerprint density at radius 1 is 1.06 bits per heavy atom. The molecule has 1 fully saturated rings. The van der Waals surface area contributed by atoms with Crippen molar-refractivity contribution >= 4 is 23.6 Å². The van der Waals surface area contributed by atoms with Crippen LogP contribution in [0.4, 0.5) is 10.5 Å². The van der Waals surface area contributed by atoms with Gasteiger partial charge in [0.25, 0.3) is 5.91 Å². The second-order valence-electron chi connectivity index (χ2n) is 9.45. The zero-order chi connectivity index (χ0) is 25.6. The van der Waals surface area contributed by atoms with Crippen LogP contribution >= 0.6 is 0 Å². The van der Waals surface area contributed by atoms with Crippen molar-refractivity contribution in [1.29, 1.82) is 0 Å². The van der Waals surface area contributed by atoms with E-state index in [2.05, 4.69) is 10.6 Å². The first-order valence-electron chi connectivity index (χ1n) is 11.6. The Balaban J connectivity index is 1.86. The molecule has 3 amide bonds. The Bertz CT molecular complexity index is 1030. The summed E-state index contributed by atoms with van der Waals surface area (Å²) in [6.07, 6.45) is 1.74. The van der Waals surface area contributed by atoms with Crippen LogP contribution in [-0.4, -0.2) is 53.2 Å². The van der Waals surface area contributed by atoms with Crippen molar-refractivity contribution < 1.29 is 29.0 Å². The van der Waals surface area contributed by atoms with E-state index >= 15 is 0 Å². The molecule has 0 heterocycles. The summed E-state index contributed by atoms with van der Waals surface area (Å²) in [4.78, 5) is 40.6. The molecule has 1 aliphatic carbocycles. The molecule has 1 unspecified atom stereocenters. The van der Waals surface area contributed by atoms with Gasteiger partial charge in [-0.2, -0.15) is 0 Å². The van der Waals surface area contributed by atoms with E-state index in [1.54, 1.807) is 64.3 Å². The van der Waals surface area contributed by atoms with Crippen molar-refractivity contribution in [1.82, 2.24) is 10.2 Å². The summed E-state index contributed by atoms with van der Waals surface area (Å²) in [5.41, 5.74) is 0.395. The third-order valence-corrected chi connectivity index (χ3v) is 5.63. The van der Waals surface area contributed by atoms with Crippen LogP contribution in [0.25, 0.3) is 0 Å². The van der Waals surface area contributed by atoms with Gasteiger partial charge in [0.2, 0.25) is 5.91 Å². The fraction of sp³-hybridized carbons (Fsp3) is 0.423. The number of aromatic hydroxyl groups is 1. The number of phenolic OH excluding ortho intramolecular Hbond substituents is 1. The summed E-state index contributed by atoms with van der Waals surface area (Å²) < 4.78 is 10.4. The first-order valence-corrected chi connectivity index (χ1v) is 11.6. The Kier molecular flexibility index (Phi) is 8.22. The van der Waals surface area contributed by atoms with Gasteiger partial charge >= 0.3 is 6.09 Å². The highest BCUT2D eigenvalue weighted by Gasteiger charge is 2.39. The summed E-state index contributed by atoms with van der Waals surface area (Å²) in [6, 6.07) is 12.0. The molecule has 0 spiro atoms. The van der Waals surface area contributed by atoms with Gasteiger partial charge in [0.1, 0.15) is 29.7 Å². The Hall–Kier alpha value is -3.75. The van der Waals surface area contributed by atoms with Crippen LogP contribution in [0.5, 0.6) is 11.5 Å². The van der Waals surface area contributed by atoms with Crippen molar-refractivity contribution in [2.75, 3.05) is 19.0 Å². The van der Waals surface area contributed by atoms with Crippen molar-refractivity contribution in [2.45, 2.75) is 57.7 Å². The van der Waals surface area contributed by atoms with Gasteiger partial charge in [-0.3, -0.25) is 9.59 Å². The molecular weight excluding hydrogens is 450 g/mol. The molecule has 0 aromatic heterocycles. The van der Waals surface area contributed by atoms with Gasteiger partial charge in [-0.25, -0.2) is 4.79 Å². The number of hydrogen-bond donors (Lipinski definition) is 3. The Morgan fingerprint density at radius 3 is 2.20 bits per heavy atom. The average molecular weight is 484 g/mol. The molecule has 35 heavy (non-hydrogen) atoms. The molecular formula is C26H33N3O6.